The molecule has 0 saturated heterocycles. The van der Waals surface area contributed by atoms with Gasteiger partial charge >= 0.3 is 5.97 Å². The van der Waals surface area contributed by atoms with E-state index in [2.05, 4.69) is 10.3 Å². The summed E-state index contributed by atoms with van der Waals surface area (Å²) in [5.41, 5.74) is 2.54. The summed E-state index contributed by atoms with van der Waals surface area (Å²) in [6, 6.07) is 15.6. The minimum Gasteiger partial charge on any atom is -0.485 e. The van der Waals surface area contributed by atoms with Crippen molar-refractivity contribution in [3.63, 3.8) is 0 Å². The largest absolute Gasteiger partial charge is 0.485 e. The molecule has 0 radical (unpaired) electrons. The quantitative estimate of drug-likeness (QED) is 0.337. The summed E-state index contributed by atoms with van der Waals surface area (Å²) in [6.45, 7) is 2.61. The lowest BCUT2D eigenvalue weighted by Crippen LogP contribution is -2.41. The lowest BCUT2D eigenvalue weighted by Gasteiger charge is -2.30. The van der Waals surface area contributed by atoms with E-state index < -0.39 is 11.5 Å². The third-order valence-electron chi connectivity index (χ3n) is 6.37. The van der Waals surface area contributed by atoms with Crippen LogP contribution in [0.2, 0.25) is 0 Å². The van der Waals surface area contributed by atoms with Crippen LogP contribution < -0.4 is 20.3 Å². The van der Waals surface area contributed by atoms with Crippen LogP contribution in [0.3, 0.4) is 0 Å². The van der Waals surface area contributed by atoms with E-state index in [1.54, 1.807) is 32.3 Å². The van der Waals surface area contributed by atoms with Crippen molar-refractivity contribution in [3.8, 4) is 11.5 Å². The summed E-state index contributed by atoms with van der Waals surface area (Å²) >= 11 is 0. The Morgan fingerprint density at radius 3 is 2.63 bits per heavy atom. The molecule has 0 spiro atoms. The Kier molecular flexibility index (Phi) is 7.37. The Morgan fingerprint density at radius 1 is 1.16 bits per heavy atom. The van der Waals surface area contributed by atoms with Gasteiger partial charge in [0.1, 0.15) is 29.6 Å². The molecule has 9 heteroatoms. The molecule has 1 atom stereocenters. The van der Waals surface area contributed by atoms with Crippen LogP contribution in [0.4, 0.5) is 4.39 Å². The predicted molar refractivity (Wildman–Crippen MR) is 140 cm³/mol. The monoisotopic (exact) mass is 517 g/mol. The molecule has 0 bridgehead atoms. The van der Waals surface area contributed by atoms with E-state index >= 15 is 0 Å². The van der Waals surface area contributed by atoms with E-state index in [1.165, 1.54) is 16.7 Å². The molecule has 38 heavy (non-hydrogen) atoms. The second-order valence-corrected chi connectivity index (χ2v) is 9.03. The van der Waals surface area contributed by atoms with Gasteiger partial charge in [-0.3, -0.25) is 14.3 Å². The molecule has 0 amide bonds. The summed E-state index contributed by atoms with van der Waals surface area (Å²) in [6.07, 6.45) is 1.70. The van der Waals surface area contributed by atoms with Crippen molar-refractivity contribution >= 4 is 17.0 Å². The fourth-order valence-electron chi connectivity index (χ4n) is 4.64. The molecular formula is C29H28FN3O5. The van der Waals surface area contributed by atoms with Crippen LogP contribution in [0.1, 0.15) is 34.0 Å². The number of nitrogens with zero attached hydrogens (tertiary/aromatic N) is 2. The molecule has 4 aromatic rings. The number of carbonyl (C=O) groups excluding carboxylic acids is 1. The molecule has 0 fully saturated rings. The van der Waals surface area contributed by atoms with Gasteiger partial charge in [0.25, 0.3) is 5.56 Å². The van der Waals surface area contributed by atoms with E-state index in [-0.39, 0.29) is 43.0 Å². The van der Waals surface area contributed by atoms with E-state index in [0.29, 0.717) is 29.7 Å². The molecule has 2 aromatic carbocycles. The van der Waals surface area contributed by atoms with E-state index in [0.717, 1.165) is 16.7 Å². The first-order chi connectivity index (χ1) is 18.5. The zero-order chi connectivity index (χ0) is 26.6. The maximum Gasteiger partial charge on any atom is 0.347 e. The molecule has 2 aromatic heterocycles. The number of carbonyl (C=O) groups is 1. The highest BCUT2D eigenvalue weighted by molar-refractivity contribution is 6.00. The first-order valence-corrected chi connectivity index (χ1v) is 12.5. The number of esters is 1. The average molecular weight is 518 g/mol. The third-order valence-corrected chi connectivity index (χ3v) is 6.37. The molecule has 1 aliphatic rings. The number of hydrogen-bond acceptors (Lipinski definition) is 7. The van der Waals surface area contributed by atoms with Crippen molar-refractivity contribution < 1.29 is 23.4 Å². The van der Waals surface area contributed by atoms with Crippen LogP contribution in [-0.2, 0) is 24.3 Å². The second kappa shape index (κ2) is 11.0. The summed E-state index contributed by atoms with van der Waals surface area (Å²) in [7, 11) is 1.80. The Labute approximate surface area is 219 Å². The van der Waals surface area contributed by atoms with Gasteiger partial charge in [-0.1, -0.05) is 42.5 Å². The van der Waals surface area contributed by atoms with Gasteiger partial charge in [0, 0.05) is 24.7 Å². The van der Waals surface area contributed by atoms with Gasteiger partial charge in [-0.05, 0) is 37.2 Å². The van der Waals surface area contributed by atoms with Gasteiger partial charge in [-0.2, -0.15) is 0 Å². The average Bonchev–Trinajstić information content (AvgIpc) is 2.92. The lowest BCUT2D eigenvalue weighted by molar-refractivity contribution is 0.0517. The van der Waals surface area contributed by atoms with Crippen molar-refractivity contribution in [2.45, 2.75) is 32.6 Å². The highest BCUT2D eigenvalue weighted by Crippen LogP contribution is 2.38. The van der Waals surface area contributed by atoms with Gasteiger partial charge in [-0.15, -0.1) is 0 Å². The molecule has 196 valence electrons. The smallest absolute Gasteiger partial charge is 0.347 e. The second-order valence-electron chi connectivity index (χ2n) is 9.03. The number of benzene rings is 2. The first kappa shape index (κ1) is 25.4. The van der Waals surface area contributed by atoms with Crippen molar-refractivity contribution in [3.05, 3.63) is 99.2 Å². The van der Waals surface area contributed by atoms with Gasteiger partial charge in [0.05, 0.1) is 13.2 Å². The van der Waals surface area contributed by atoms with Gasteiger partial charge in [0.15, 0.2) is 17.1 Å². The van der Waals surface area contributed by atoms with E-state index in [1.807, 2.05) is 30.3 Å². The number of halogens is 1. The van der Waals surface area contributed by atoms with Crippen LogP contribution in [0.15, 0.2) is 65.6 Å². The van der Waals surface area contributed by atoms with Crippen molar-refractivity contribution in [2.24, 2.45) is 0 Å². The van der Waals surface area contributed by atoms with Gasteiger partial charge in [0.2, 0.25) is 0 Å². The van der Waals surface area contributed by atoms with Crippen LogP contribution in [-0.4, -0.2) is 41.8 Å². The standard InChI is InChI=1S/C29H28FN3O5/c1-3-36-29(35)23-27(37-17-19-7-5-4-6-8-19)24-25-26(38-22(15-31-2)16-33(25)28(23)34)20(14-32-24)13-18-9-11-21(30)12-10-18/h4-12,14,22,31H,3,13,15-17H2,1-2H3/t22-/m0/s1. The van der Waals surface area contributed by atoms with E-state index in [9.17, 15) is 14.0 Å². The molecule has 1 aliphatic heterocycles. The topological polar surface area (TPSA) is 91.7 Å². The Bertz CT molecular complexity index is 1520. The van der Waals surface area contributed by atoms with Crippen LogP contribution in [0.25, 0.3) is 11.0 Å². The van der Waals surface area contributed by atoms with Crippen LogP contribution >= 0.6 is 0 Å². The van der Waals surface area contributed by atoms with Gasteiger partial charge in [-0.25, -0.2) is 9.18 Å². The lowest BCUT2D eigenvalue weighted by atomic mass is 10.0. The molecule has 0 unspecified atom stereocenters. The Hall–Kier alpha value is -4.24. The SMILES string of the molecule is CCOC(=O)c1c(OCc2ccccc2)c2ncc(Cc3ccc(F)cc3)c3c2n(c1=O)C[C@H](CNC)O3. The van der Waals surface area contributed by atoms with Crippen molar-refractivity contribution in [1.29, 1.82) is 0 Å². The number of pyridine rings is 2. The maximum atomic E-state index is 13.8. The molecular weight excluding hydrogens is 489 g/mol. The molecule has 0 aliphatic carbocycles. The zero-order valence-corrected chi connectivity index (χ0v) is 21.2. The third kappa shape index (κ3) is 4.97. The Morgan fingerprint density at radius 2 is 1.92 bits per heavy atom. The van der Waals surface area contributed by atoms with Gasteiger partial charge < -0.3 is 19.5 Å². The normalized spacial score (nSPS) is 14.2. The van der Waals surface area contributed by atoms with E-state index in [4.69, 9.17) is 14.2 Å². The minimum absolute atomic E-state index is 0.0637. The summed E-state index contributed by atoms with van der Waals surface area (Å²) in [5, 5.41) is 3.09. The van der Waals surface area contributed by atoms with Crippen molar-refractivity contribution in [2.75, 3.05) is 20.2 Å². The highest BCUT2D eigenvalue weighted by Gasteiger charge is 2.33. The number of hydrogen-bond donors (Lipinski definition) is 1. The Balaban J connectivity index is 1.70. The number of likely N-dealkylation sites (N-methyl/N-ethyl adjacent to an activating group) is 1. The summed E-state index contributed by atoms with van der Waals surface area (Å²) in [4.78, 5) is 31.5. The zero-order valence-electron chi connectivity index (χ0n) is 21.2. The number of rotatable bonds is 9. The molecule has 1 N–H and O–H groups in total. The predicted octanol–water partition coefficient (Wildman–Crippen LogP) is 3.86. The molecule has 5 rings (SSSR count). The minimum atomic E-state index is -0.762. The van der Waals surface area contributed by atoms with Crippen molar-refractivity contribution in [1.82, 2.24) is 14.9 Å². The molecule has 3 heterocycles. The van der Waals surface area contributed by atoms with Crippen LogP contribution in [0, 0.1) is 5.82 Å². The maximum absolute atomic E-state index is 13.8. The molecule has 0 saturated carbocycles. The number of ether oxygens (including phenoxy) is 3. The molecule has 8 nitrogen and oxygen atoms in total. The summed E-state index contributed by atoms with van der Waals surface area (Å²) in [5.74, 6) is -0.532. The van der Waals surface area contributed by atoms with Crippen LogP contribution in [0.5, 0.6) is 11.5 Å². The first-order valence-electron chi connectivity index (χ1n) is 12.5. The fraction of sp³-hybridized carbons (Fsp3) is 0.276. The number of aromatic nitrogens is 2. The fourth-order valence-corrected chi connectivity index (χ4v) is 4.64. The number of nitrogens with one attached hydrogen (secondary N) is 1. The highest BCUT2D eigenvalue weighted by atomic mass is 19.1. The summed E-state index contributed by atoms with van der Waals surface area (Å²) < 4.78 is 32.8.